The third-order valence-electron chi connectivity index (χ3n) is 3.28. The molecular formula is C16H16O4. The van der Waals surface area contributed by atoms with Gasteiger partial charge in [-0.05, 0) is 34.7 Å². The maximum Gasteiger partial charge on any atom is 0.307 e. The van der Waals surface area contributed by atoms with E-state index in [1.165, 1.54) is 0 Å². The van der Waals surface area contributed by atoms with Crippen LogP contribution in [-0.4, -0.2) is 22.2 Å². The fourth-order valence-corrected chi connectivity index (χ4v) is 2.39. The van der Waals surface area contributed by atoms with E-state index in [2.05, 4.69) is 0 Å². The zero-order valence-electron chi connectivity index (χ0n) is 11.0. The third-order valence-corrected chi connectivity index (χ3v) is 3.28. The number of hydrogen-bond donors (Lipinski definition) is 2. The maximum absolute atomic E-state index is 10.9. The molecule has 0 saturated heterocycles. The lowest BCUT2D eigenvalue weighted by Gasteiger charge is -2.10. The minimum absolute atomic E-state index is 0.00405. The molecule has 4 nitrogen and oxygen atoms in total. The Morgan fingerprint density at radius 1 is 0.850 bits per heavy atom. The van der Waals surface area contributed by atoms with Gasteiger partial charge >= 0.3 is 11.9 Å². The van der Waals surface area contributed by atoms with E-state index >= 15 is 0 Å². The third kappa shape index (κ3) is 3.35. The highest BCUT2D eigenvalue weighted by Crippen LogP contribution is 2.24. The van der Waals surface area contributed by atoms with Gasteiger partial charge in [0.25, 0.3) is 0 Å². The molecule has 4 heteroatoms. The zero-order valence-corrected chi connectivity index (χ0v) is 11.0. The number of aryl methyl sites for hydroxylation is 1. The van der Waals surface area contributed by atoms with Crippen LogP contribution in [0.15, 0.2) is 36.4 Å². The number of carbonyl (C=O) groups is 2. The van der Waals surface area contributed by atoms with Crippen molar-refractivity contribution in [3.8, 4) is 0 Å². The number of carboxylic acids is 2. The summed E-state index contributed by atoms with van der Waals surface area (Å²) in [7, 11) is 0. The molecular weight excluding hydrogens is 256 g/mol. The smallest absolute Gasteiger partial charge is 0.307 e. The lowest BCUT2D eigenvalue weighted by atomic mass is 9.95. The number of rotatable bonds is 6. The molecule has 0 atom stereocenters. The van der Waals surface area contributed by atoms with Crippen LogP contribution in [0.2, 0.25) is 0 Å². The van der Waals surface area contributed by atoms with Crippen molar-refractivity contribution in [1.82, 2.24) is 0 Å². The van der Waals surface area contributed by atoms with Gasteiger partial charge in [-0.25, -0.2) is 0 Å². The molecule has 0 aromatic heterocycles. The molecule has 0 aliphatic heterocycles. The molecule has 0 heterocycles. The molecule has 2 aromatic carbocycles. The first kappa shape index (κ1) is 14.1. The van der Waals surface area contributed by atoms with Crippen LogP contribution in [0.5, 0.6) is 0 Å². The first-order chi connectivity index (χ1) is 9.58. The SMILES string of the molecule is O=C(O)CCCc1ccc(CC(=O)O)c2ccccc12. The minimum Gasteiger partial charge on any atom is -0.481 e. The lowest BCUT2D eigenvalue weighted by Crippen LogP contribution is -2.02. The van der Waals surface area contributed by atoms with Crippen molar-refractivity contribution in [1.29, 1.82) is 0 Å². The van der Waals surface area contributed by atoms with E-state index in [4.69, 9.17) is 10.2 Å². The number of fused-ring (bicyclic) bond motifs is 1. The van der Waals surface area contributed by atoms with Gasteiger partial charge in [0.2, 0.25) is 0 Å². The highest BCUT2D eigenvalue weighted by Gasteiger charge is 2.09. The highest BCUT2D eigenvalue weighted by atomic mass is 16.4. The minimum atomic E-state index is -0.853. The van der Waals surface area contributed by atoms with Crippen molar-refractivity contribution in [3.63, 3.8) is 0 Å². The molecule has 0 aliphatic rings. The summed E-state index contributed by atoms with van der Waals surface area (Å²) in [5.41, 5.74) is 1.85. The molecule has 0 unspecified atom stereocenters. The maximum atomic E-state index is 10.9. The number of benzene rings is 2. The molecule has 0 spiro atoms. The van der Waals surface area contributed by atoms with Gasteiger partial charge in [0.15, 0.2) is 0 Å². The molecule has 0 saturated carbocycles. The van der Waals surface area contributed by atoms with Crippen LogP contribution < -0.4 is 0 Å². The van der Waals surface area contributed by atoms with E-state index < -0.39 is 11.9 Å². The van der Waals surface area contributed by atoms with E-state index in [1.807, 2.05) is 36.4 Å². The van der Waals surface area contributed by atoms with Gasteiger partial charge in [0.05, 0.1) is 6.42 Å². The van der Waals surface area contributed by atoms with Crippen LogP contribution in [0.1, 0.15) is 24.0 Å². The lowest BCUT2D eigenvalue weighted by molar-refractivity contribution is -0.137. The first-order valence-corrected chi connectivity index (χ1v) is 6.51. The zero-order chi connectivity index (χ0) is 14.5. The van der Waals surface area contributed by atoms with Gasteiger partial charge in [0, 0.05) is 6.42 Å². The molecule has 2 N–H and O–H groups in total. The van der Waals surface area contributed by atoms with Gasteiger partial charge in [-0.2, -0.15) is 0 Å². The Morgan fingerprint density at radius 3 is 2.05 bits per heavy atom. The van der Waals surface area contributed by atoms with Crippen molar-refractivity contribution in [2.75, 3.05) is 0 Å². The molecule has 0 bridgehead atoms. The van der Waals surface area contributed by atoms with E-state index in [9.17, 15) is 9.59 Å². The molecule has 104 valence electrons. The summed E-state index contributed by atoms with van der Waals surface area (Å²) in [6.07, 6.45) is 1.40. The van der Waals surface area contributed by atoms with E-state index in [-0.39, 0.29) is 12.8 Å². The average Bonchev–Trinajstić information content (AvgIpc) is 2.40. The average molecular weight is 272 g/mol. The standard InChI is InChI=1S/C16H16O4/c17-15(18)7-3-4-11-8-9-12(10-16(19)20)14-6-2-1-5-13(11)14/h1-2,5-6,8-9H,3-4,7,10H2,(H,17,18)(H,19,20). The monoisotopic (exact) mass is 272 g/mol. The predicted molar refractivity (Wildman–Crippen MR) is 75.9 cm³/mol. The van der Waals surface area contributed by atoms with Crippen LogP contribution in [0.4, 0.5) is 0 Å². The second-order valence-corrected chi connectivity index (χ2v) is 4.75. The predicted octanol–water partition coefficient (Wildman–Crippen LogP) is 2.87. The molecule has 0 aliphatic carbocycles. The van der Waals surface area contributed by atoms with Gasteiger partial charge in [0.1, 0.15) is 0 Å². The fourth-order valence-electron chi connectivity index (χ4n) is 2.39. The summed E-state index contributed by atoms with van der Waals surface area (Å²) in [6, 6.07) is 11.4. The summed E-state index contributed by atoms with van der Waals surface area (Å²) < 4.78 is 0. The van der Waals surface area contributed by atoms with E-state index in [0.717, 1.165) is 21.9 Å². The van der Waals surface area contributed by atoms with Crippen LogP contribution >= 0.6 is 0 Å². The number of hydrogen-bond acceptors (Lipinski definition) is 2. The number of aliphatic carboxylic acids is 2. The van der Waals surface area contributed by atoms with Gasteiger partial charge in [-0.3, -0.25) is 9.59 Å². The molecule has 0 radical (unpaired) electrons. The van der Waals surface area contributed by atoms with Crippen LogP contribution in [0.25, 0.3) is 10.8 Å². The van der Waals surface area contributed by atoms with Gasteiger partial charge in [-0.1, -0.05) is 36.4 Å². The summed E-state index contributed by atoms with van der Waals surface area (Å²) in [5, 5.41) is 19.6. The topological polar surface area (TPSA) is 74.6 Å². The Morgan fingerprint density at radius 2 is 1.45 bits per heavy atom. The van der Waals surface area contributed by atoms with Crippen molar-refractivity contribution in [2.45, 2.75) is 25.7 Å². The molecule has 20 heavy (non-hydrogen) atoms. The first-order valence-electron chi connectivity index (χ1n) is 6.51. The summed E-state index contributed by atoms with van der Waals surface area (Å²) in [6.45, 7) is 0. The summed E-state index contributed by atoms with van der Waals surface area (Å²) in [5.74, 6) is -1.65. The summed E-state index contributed by atoms with van der Waals surface area (Å²) >= 11 is 0. The van der Waals surface area contributed by atoms with Crippen LogP contribution in [0.3, 0.4) is 0 Å². The Kier molecular flexibility index (Phi) is 4.35. The Hall–Kier alpha value is -2.36. The van der Waals surface area contributed by atoms with Crippen LogP contribution in [0, 0.1) is 0 Å². The van der Waals surface area contributed by atoms with Crippen molar-refractivity contribution in [3.05, 3.63) is 47.5 Å². The van der Waals surface area contributed by atoms with Crippen molar-refractivity contribution < 1.29 is 19.8 Å². The van der Waals surface area contributed by atoms with E-state index in [0.29, 0.717) is 12.8 Å². The Labute approximate surface area is 116 Å². The quantitative estimate of drug-likeness (QED) is 0.848. The molecule has 0 amide bonds. The molecule has 0 fully saturated rings. The Bertz CT molecular complexity index is 646. The van der Waals surface area contributed by atoms with Gasteiger partial charge in [-0.15, -0.1) is 0 Å². The second kappa shape index (κ2) is 6.19. The Balaban J connectivity index is 2.33. The second-order valence-electron chi connectivity index (χ2n) is 4.75. The van der Waals surface area contributed by atoms with E-state index in [1.54, 1.807) is 0 Å². The normalized spacial score (nSPS) is 10.6. The van der Waals surface area contributed by atoms with Crippen molar-refractivity contribution in [2.24, 2.45) is 0 Å². The van der Waals surface area contributed by atoms with Crippen molar-refractivity contribution >= 4 is 22.7 Å². The van der Waals surface area contributed by atoms with Crippen LogP contribution in [-0.2, 0) is 22.4 Å². The molecule has 2 aromatic rings. The molecule has 2 rings (SSSR count). The summed E-state index contributed by atoms with van der Waals surface area (Å²) in [4.78, 5) is 21.4. The highest BCUT2D eigenvalue weighted by molar-refractivity contribution is 5.91. The van der Waals surface area contributed by atoms with Gasteiger partial charge < -0.3 is 10.2 Å². The fraction of sp³-hybridized carbons (Fsp3) is 0.250. The largest absolute Gasteiger partial charge is 0.481 e. The number of carboxylic acid groups (broad SMARTS) is 2.